The second-order valence-corrected chi connectivity index (χ2v) is 13.3. The van der Waals surface area contributed by atoms with Gasteiger partial charge in [-0.2, -0.15) is 5.26 Å². The number of halogens is 1. The molecule has 3 aromatic rings. The standard InChI is InChI=1S/C30H28ClN5O2S2/c1-4-17-5-7-19(8-6-17)25-21(15-32)27(33)36(22-13-30(2,3)14-23(37)26(22)25)28-34-35-29(40-28)39-16-24(38)18-9-11-20(31)12-10-18/h5-12,25H,4,13-14,16,33H2,1-3H3. The zero-order chi connectivity index (χ0) is 28.6. The number of nitrogens with two attached hydrogens (primary N) is 1. The number of allylic oxidation sites excluding steroid dienone is 3. The van der Waals surface area contributed by atoms with Gasteiger partial charge in [-0.25, -0.2) is 0 Å². The van der Waals surface area contributed by atoms with E-state index >= 15 is 0 Å². The lowest BCUT2D eigenvalue weighted by Gasteiger charge is -2.42. The van der Waals surface area contributed by atoms with E-state index in [9.17, 15) is 14.9 Å². The van der Waals surface area contributed by atoms with Crippen molar-refractivity contribution in [2.24, 2.45) is 11.1 Å². The molecule has 2 aromatic carbocycles. The fourth-order valence-electron chi connectivity index (χ4n) is 5.20. The number of Topliss-reactive ketones (excluding diaryl/α,β-unsaturated/α-hetero) is 2. The maximum atomic E-state index is 13.7. The third-order valence-corrected chi connectivity index (χ3v) is 9.48. The smallest absolute Gasteiger partial charge is 0.219 e. The molecule has 5 rings (SSSR count). The van der Waals surface area contributed by atoms with Crippen molar-refractivity contribution in [3.63, 3.8) is 0 Å². The Labute approximate surface area is 246 Å². The van der Waals surface area contributed by atoms with Crippen LogP contribution in [0.1, 0.15) is 61.0 Å². The topological polar surface area (TPSA) is 113 Å². The zero-order valence-corrected chi connectivity index (χ0v) is 24.8. The van der Waals surface area contributed by atoms with Crippen molar-refractivity contribution in [3.8, 4) is 6.07 Å². The molecule has 1 aliphatic carbocycles. The summed E-state index contributed by atoms with van der Waals surface area (Å²) in [4.78, 5) is 28.1. The van der Waals surface area contributed by atoms with E-state index in [0.29, 0.717) is 44.0 Å². The molecule has 1 aromatic heterocycles. The Morgan fingerprint density at radius 3 is 2.52 bits per heavy atom. The van der Waals surface area contributed by atoms with Gasteiger partial charge in [-0.1, -0.05) is 79.7 Å². The number of thioether (sulfide) groups is 1. The molecule has 204 valence electrons. The molecule has 0 bridgehead atoms. The molecular formula is C30H28ClN5O2S2. The molecule has 2 N–H and O–H groups in total. The molecule has 40 heavy (non-hydrogen) atoms. The molecule has 1 unspecified atom stereocenters. The average molecular weight is 590 g/mol. The Morgan fingerprint density at radius 1 is 1.18 bits per heavy atom. The highest BCUT2D eigenvalue weighted by atomic mass is 35.5. The number of anilines is 1. The summed E-state index contributed by atoms with van der Waals surface area (Å²) in [6, 6.07) is 17.1. The molecule has 7 nitrogen and oxygen atoms in total. The first kappa shape index (κ1) is 28.1. The van der Waals surface area contributed by atoms with Crippen LogP contribution in [-0.4, -0.2) is 27.5 Å². The van der Waals surface area contributed by atoms with Gasteiger partial charge in [-0.15, -0.1) is 10.2 Å². The molecule has 0 saturated heterocycles. The normalized spacial score (nSPS) is 18.5. The molecule has 10 heteroatoms. The van der Waals surface area contributed by atoms with Gasteiger partial charge >= 0.3 is 0 Å². The fourth-order valence-corrected chi connectivity index (χ4v) is 7.11. The Morgan fingerprint density at radius 2 is 1.88 bits per heavy atom. The highest BCUT2D eigenvalue weighted by Gasteiger charge is 2.45. The van der Waals surface area contributed by atoms with Gasteiger partial charge < -0.3 is 5.73 Å². The van der Waals surface area contributed by atoms with Crippen LogP contribution in [0.5, 0.6) is 0 Å². The van der Waals surface area contributed by atoms with Gasteiger partial charge in [-0.05, 0) is 53.6 Å². The second-order valence-electron chi connectivity index (χ2n) is 10.6. The molecule has 1 aliphatic heterocycles. The molecule has 0 fully saturated rings. The van der Waals surface area contributed by atoms with Crippen LogP contribution in [0, 0.1) is 16.7 Å². The Hall–Kier alpha value is -3.45. The van der Waals surface area contributed by atoms with Crippen molar-refractivity contribution in [2.45, 2.75) is 50.3 Å². The molecule has 2 heterocycles. The SMILES string of the molecule is CCc1ccc(C2C(C#N)=C(N)N(c3nnc(SCC(=O)c4ccc(Cl)cc4)s3)C3=C2C(=O)CC(C)(C)C3)cc1. The number of hydrogen-bond donors (Lipinski definition) is 1. The van der Waals surface area contributed by atoms with Crippen molar-refractivity contribution in [1.82, 2.24) is 10.2 Å². The summed E-state index contributed by atoms with van der Waals surface area (Å²) >= 11 is 8.49. The molecule has 0 spiro atoms. The number of ketones is 2. The summed E-state index contributed by atoms with van der Waals surface area (Å²) in [6.07, 6.45) is 1.87. The number of nitriles is 1. The maximum Gasteiger partial charge on any atom is 0.219 e. The number of benzene rings is 2. The minimum Gasteiger partial charge on any atom is -0.384 e. The Bertz CT molecular complexity index is 1580. The third kappa shape index (κ3) is 5.44. The lowest BCUT2D eigenvalue weighted by Crippen LogP contribution is -2.42. The van der Waals surface area contributed by atoms with E-state index in [0.717, 1.165) is 17.7 Å². The first-order valence-electron chi connectivity index (χ1n) is 12.9. The number of aromatic nitrogens is 2. The quantitative estimate of drug-likeness (QED) is 0.240. The molecular weight excluding hydrogens is 562 g/mol. The predicted molar refractivity (Wildman–Crippen MR) is 159 cm³/mol. The van der Waals surface area contributed by atoms with Crippen molar-refractivity contribution >= 4 is 51.4 Å². The highest BCUT2D eigenvalue weighted by Crippen LogP contribution is 2.50. The van der Waals surface area contributed by atoms with Gasteiger partial charge in [0.2, 0.25) is 5.13 Å². The lowest BCUT2D eigenvalue weighted by atomic mass is 9.68. The highest BCUT2D eigenvalue weighted by molar-refractivity contribution is 8.01. The van der Waals surface area contributed by atoms with Crippen LogP contribution in [0.3, 0.4) is 0 Å². The van der Waals surface area contributed by atoms with Crippen molar-refractivity contribution in [3.05, 3.63) is 92.9 Å². The Kier molecular flexibility index (Phi) is 7.87. The summed E-state index contributed by atoms with van der Waals surface area (Å²) in [5, 5.41) is 20.0. The van der Waals surface area contributed by atoms with Crippen LogP contribution in [0.2, 0.25) is 5.02 Å². The second kappa shape index (κ2) is 11.2. The molecule has 2 aliphatic rings. The van der Waals surface area contributed by atoms with Gasteiger partial charge in [0.05, 0.1) is 23.3 Å². The lowest BCUT2D eigenvalue weighted by molar-refractivity contribution is -0.118. The van der Waals surface area contributed by atoms with Crippen LogP contribution >= 0.6 is 34.7 Å². The molecule has 0 saturated carbocycles. The summed E-state index contributed by atoms with van der Waals surface area (Å²) < 4.78 is 0.587. The van der Waals surface area contributed by atoms with E-state index < -0.39 is 5.92 Å². The van der Waals surface area contributed by atoms with Crippen molar-refractivity contribution in [2.75, 3.05) is 10.7 Å². The van der Waals surface area contributed by atoms with E-state index in [2.05, 4.69) is 37.0 Å². The van der Waals surface area contributed by atoms with Crippen molar-refractivity contribution in [1.29, 1.82) is 5.26 Å². The van der Waals surface area contributed by atoms with Crippen LogP contribution in [0.25, 0.3) is 0 Å². The number of carbonyl (C=O) groups is 2. The van der Waals surface area contributed by atoms with Gasteiger partial charge in [0, 0.05) is 28.3 Å². The average Bonchev–Trinajstić information content (AvgIpc) is 3.39. The summed E-state index contributed by atoms with van der Waals surface area (Å²) in [7, 11) is 0. The number of rotatable bonds is 7. The van der Waals surface area contributed by atoms with Gasteiger partial charge in [0.1, 0.15) is 5.82 Å². The number of hydrogen-bond acceptors (Lipinski definition) is 9. The largest absolute Gasteiger partial charge is 0.384 e. The van der Waals surface area contributed by atoms with E-state index in [1.807, 2.05) is 24.3 Å². The summed E-state index contributed by atoms with van der Waals surface area (Å²) in [5.41, 5.74) is 10.7. The number of nitrogens with zero attached hydrogens (tertiary/aromatic N) is 4. The van der Waals surface area contributed by atoms with Gasteiger partial charge in [0.25, 0.3) is 0 Å². The van der Waals surface area contributed by atoms with E-state index in [1.54, 1.807) is 29.2 Å². The Balaban J connectivity index is 1.51. The van der Waals surface area contributed by atoms with Crippen LogP contribution < -0.4 is 10.6 Å². The fraction of sp³-hybridized carbons (Fsp3) is 0.300. The minimum absolute atomic E-state index is 0.00810. The molecule has 0 radical (unpaired) electrons. The third-order valence-electron chi connectivity index (χ3n) is 7.18. The first-order valence-corrected chi connectivity index (χ1v) is 15.1. The van der Waals surface area contributed by atoms with Crippen LogP contribution in [0.4, 0.5) is 5.13 Å². The summed E-state index contributed by atoms with van der Waals surface area (Å²) in [5.74, 6) is -0.149. The zero-order valence-electron chi connectivity index (χ0n) is 22.4. The van der Waals surface area contributed by atoms with Gasteiger partial charge in [-0.3, -0.25) is 14.5 Å². The van der Waals surface area contributed by atoms with E-state index in [-0.39, 0.29) is 28.6 Å². The predicted octanol–water partition coefficient (Wildman–Crippen LogP) is 6.67. The number of carbonyl (C=O) groups excluding carboxylic acids is 2. The van der Waals surface area contributed by atoms with E-state index in [4.69, 9.17) is 17.3 Å². The van der Waals surface area contributed by atoms with Gasteiger partial charge in [0.15, 0.2) is 15.9 Å². The number of aryl methyl sites for hydroxylation is 1. The first-order chi connectivity index (χ1) is 19.1. The van der Waals surface area contributed by atoms with E-state index in [1.165, 1.54) is 28.7 Å². The molecule has 1 atom stereocenters. The monoisotopic (exact) mass is 589 g/mol. The maximum absolute atomic E-state index is 13.7. The minimum atomic E-state index is -0.537. The van der Waals surface area contributed by atoms with Crippen LogP contribution in [-0.2, 0) is 11.2 Å². The summed E-state index contributed by atoms with van der Waals surface area (Å²) in [6.45, 7) is 6.20. The molecule has 0 amide bonds. The van der Waals surface area contributed by atoms with Crippen molar-refractivity contribution < 1.29 is 9.59 Å². The van der Waals surface area contributed by atoms with Crippen LogP contribution in [0.15, 0.2) is 75.5 Å².